The Morgan fingerprint density at radius 1 is 1.10 bits per heavy atom. The largest absolute Gasteiger partial charge is 0.489 e. The third-order valence-corrected chi connectivity index (χ3v) is 5.11. The van der Waals surface area contributed by atoms with Crippen LogP contribution in [0, 0.1) is 5.92 Å². The molecule has 0 bridgehead atoms. The van der Waals surface area contributed by atoms with Crippen LogP contribution < -0.4 is 4.74 Å². The molecule has 0 aliphatic heterocycles. The van der Waals surface area contributed by atoms with Gasteiger partial charge in [-0.3, -0.25) is 4.79 Å². The van der Waals surface area contributed by atoms with E-state index in [1.807, 2.05) is 26.0 Å². The van der Waals surface area contributed by atoms with E-state index in [9.17, 15) is 9.59 Å². The first-order valence-corrected chi connectivity index (χ1v) is 10.8. The minimum atomic E-state index is -0.342. The van der Waals surface area contributed by atoms with Crippen molar-refractivity contribution in [1.29, 1.82) is 0 Å². The summed E-state index contributed by atoms with van der Waals surface area (Å²) in [7, 11) is 0. The lowest BCUT2D eigenvalue weighted by molar-refractivity contribution is -0.153. The molecule has 2 rings (SSSR count). The van der Waals surface area contributed by atoms with Gasteiger partial charge in [0.25, 0.3) is 0 Å². The molecule has 1 saturated carbocycles. The molecule has 5 heteroatoms. The molecule has 0 unspecified atom stereocenters. The van der Waals surface area contributed by atoms with Gasteiger partial charge in [-0.25, -0.2) is 4.79 Å². The number of ether oxygens (including phenoxy) is 3. The standard InChI is InChI=1S/C24H34O5/c1-4-8-23(25)29-22-10-7-6-9-20(22)16-19-11-13-21(14-12-19)28-17-18(3)15-24(26)27-5-2/h11-15,20,22H,4-10,16-17H2,1-3H3/b18-15+/t20-,22+/m0/s1. The fourth-order valence-corrected chi connectivity index (χ4v) is 3.64. The van der Waals surface area contributed by atoms with Crippen LogP contribution in [0.1, 0.15) is 64.9 Å². The van der Waals surface area contributed by atoms with Crippen molar-refractivity contribution in [3.8, 4) is 5.75 Å². The van der Waals surface area contributed by atoms with Crippen LogP contribution in [0.15, 0.2) is 35.9 Å². The Kier molecular flexibility index (Phi) is 9.75. The van der Waals surface area contributed by atoms with Crippen molar-refractivity contribution in [3.05, 3.63) is 41.5 Å². The highest BCUT2D eigenvalue weighted by Gasteiger charge is 2.28. The zero-order chi connectivity index (χ0) is 21.1. The number of esters is 2. The van der Waals surface area contributed by atoms with E-state index in [2.05, 4.69) is 12.1 Å². The van der Waals surface area contributed by atoms with E-state index in [0.29, 0.717) is 25.6 Å². The van der Waals surface area contributed by atoms with Gasteiger partial charge in [-0.15, -0.1) is 0 Å². The minimum Gasteiger partial charge on any atom is -0.489 e. The molecule has 29 heavy (non-hydrogen) atoms. The average Bonchev–Trinajstić information content (AvgIpc) is 2.69. The molecule has 1 fully saturated rings. The lowest BCUT2D eigenvalue weighted by atomic mass is 9.82. The molecule has 0 aromatic heterocycles. The first kappa shape index (κ1) is 23.0. The van der Waals surface area contributed by atoms with Crippen molar-refractivity contribution in [2.45, 2.75) is 71.8 Å². The molecule has 1 aromatic rings. The summed E-state index contributed by atoms with van der Waals surface area (Å²) in [6.07, 6.45) is 8.12. The zero-order valence-electron chi connectivity index (χ0n) is 17.9. The third-order valence-electron chi connectivity index (χ3n) is 5.11. The second-order valence-electron chi connectivity index (χ2n) is 7.70. The number of hydrogen-bond donors (Lipinski definition) is 0. The average molecular weight is 403 g/mol. The van der Waals surface area contributed by atoms with Gasteiger partial charge in [0, 0.05) is 12.5 Å². The van der Waals surface area contributed by atoms with E-state index in [-0.39, 0.29) is 18.0 Å². The lowest BCUT2D eigenvalue weighted by Gasteiger charge is -2.31. The molecule has 0 radical (unpaired) electrons. The first-order valence-electron chi connectivity index (χ1n) is 10.8. The highest BCUT2D eigenvalue weighted by Crippen LogP contribution is 2.30. The summed E-state index contributed by atoms with van der Waals surface area (Å²) in [5, 5.41) is 0. The molecule has 1 aromatic carbocycles. The molecule has 0 N–H and O–H groups in total. The van der Waals surface area contributed by atoms with E-state index in [1.54, 1.807) is 6.92 Å². The van der Waals surface area contributed by atoms with Crippen molar-refractivity contribution in [2.24, 2.45) is 5.92 Å². The molecule has 1 aliphatic carbocycles. The van der Waals surface area contributed by atoms with Crippen LogP contribution in [0.25, 0.3) is 0 Å². The van der Waals surface area contributed by atoms with E-state index >= 15 is 0 Å². The predicted molar refractivity (Wildman–Crippen MR) is 113 cm³/mol. The smallest absolute Gasteiger partial charge is 0.330 e. The van der Waals surface area contributed by atoms with Crippen LogP contribution in [0.4, 0.5) is 0 Å². The van der Waals surface area contributed by atoms with Crippen LogP contribution in [0.2, 0.25) is 0 Å². The van der Waals surface area contributed by atoms with Crippen LogP contribution >= 0.6 is 0 Å². The molecule has 1 aliphatic rings. The van der Waals surface area contributed by atoms with Gasteiger partial charge in [0.05, 0.1) is 6.61 Å². The quantitative estimate of drug-likeness (QED) is 0.406. The Bertz CT molecular complexity index is 677. The van der Waals surface area contributed by atoms with Crippen molar-refractivity contribution in [1.82, 2.24) is 0 Å². The summed E-state index contributed by atoms with van der Waals surface area (Å²) >= 11 is 0. The van der Waals surface area contributed by atoms with E-state index in [1.165, 1.54) is 18.1 Å². The molecule has 160 valence electrons. The van der Waals surface area contributed by atoms with Crippen LogP contribution in [0.5, 0.6) is 5.75 Å². The summed E-state index contributed by atoms with van der Waals surface area (Å²) in [5.74, 6) is 0.732. The maximum absolute atomic E-state index is 11.9. The molecule has 0 saturated heterocycles. The second-order valence-corrected chi connectivity index (χ2v) is 7.70. The van der Waals surface area contributed by atoms with Gasteiger partial charge in [-0.2, -0.15) is 0 Å². The number of benzene rings is 1. The fourth-order valence-electron chi connectivity index (χ4n) is 3.64. The Balaban J connectivity index is 1.87. The van der Waals surface area contributed by atoms with Crippen molar-refractivity contribution in [2.75, 3.05) is 13.2 Å². The van der Waals surface area contributed by atoms with Gasteiger partial charge in [0.15, 0.2) is 0 Å². The van der Waals surface area contributed by atoms with Gasteiger partial charge >= 0.3 is 11.9 Å². The molecule has 0 amide bonds. The highest BCUT2D eigenvalue weighted by atomic mass is 16.5. The zero-order valence-corrected chi connectivity index (χ0v) is 17.9. The number of hydrogen-bond acceptors (Lipinski definition) is 5. The predicted octanol–water partition coefficient (Wildman–Crippen LogP) is 5.02. The Morgan fingerprint density at radius 2 is 1.83 bits per heavy atom. The van der Waals surface area contributed by atoms with Crippen LogP contribution in [0.3, 0.4) is 0 Å². The van der Waals surface area contributed by atoms with E-state index < -0.39 is 0 Å². The Labute approximate surface area is 174 Å². The van der Waals surface area contributed by atoms with Gasteiger partial charge in [0.1, 0.15) is 18.5 Å². The van der Waals surface area contributed by atoms with E-state index in [4.69, 9.17) is 14.2 Å². The minimum absolute atomic E-state index is 0.0365. The van der Waals surface area contributed by atoms with Gasteiger partial charge < -0.3 is 14.2 Å². The Hall–Kier alpha value is -2.30. The van der Waals surface area contributed by atoms with Gasteiger partial charge in [-0.05, 0) is 75.1 Å². The molecule has 0 heterocycles. The maximum Gasteiger partial charge on any atom is 0.330 e. The molecular formula is C24H34O5. The summed E-state index contributed by atoms with van der Waals surface area (Å²) in [6.45, 7) is 6.33. The molecule has 5 nitrogen and oxygen atoms in total. The molecule has 0 spiro atoms. The number of rotatable bonds is 10. The summed E-state index contributed by atoms with van der Waals surface area (Å²) in [4.78, 5) is 23.4. The topological polar surface area (TPSA) is 61.8 Å². The van der Waals surface area contributed by atoms with Gasteiger partial charge in [0.2, 0.25) is 0 Å². The van der Waals surface area contributed by atoms with Crippen molar-refractivity contribution >= 4 is 11.9 Å². The van der Waals surface area contributed by atoms with Crippen molar-refractivity contribution in [3.63, 3.8) is 0 Å². The number of carbonyl (C=O) groups excluding carboxylic acids is 2. The summed E-state index contributed by atoms with van der Waals surface area (Å²) < 4.78 is 16.4. The summed E-state index contributed by atoms with van der Waals surface area (Å²) in [6, 6.07) is 8.04. The monoisotopic (exact) mass is 402 g/mol. The van der Waals surface area contributed by atoms with Gasteiger partial charge in [-0.1, -0.05) is 25.5 Å². The fraction of sp³-hybridized carbons (Fsp3) is 0.583. The van der Waals surface area contributed by atoms with Crippen LogP contribution in [-0.4, -0.2) is 31.3 Å². The maximum atomic E-state index is 11.9. The Morgan fingerprint density at radius 3 is 2.52 bits per heavy atom. The van der Waals surface area contributed by atoms with Crippen LogP contribution in [-0.2, 0) is 25.5 Å². The molecule has 2 atom stereocenters. The lowest BCUT2D eigenvalue weighted by Crippen LogP contribution is -2.31. The van der Waals surface area contributed by atoms with E-state index in [0.717, 1.165) is 43.4 Å². The SMILES string of the molecule is CCCC(=O)O[C@@H]1CCCC[C@H]1Cc1ccc(OC/C(C)=C/C(=O)OCC)cc1. The van der Waals surface area contributed by atoms with Crippen molar-refractivity contribution < 1.29 is 23.8 Å². The highest BCUT2D eigenvalue weighted by molar-refractivity contribution is 5.82. The third kappa shape index (κ3) is 8.30. The summed E-state index contributed by atoms with van der Waals surface area (Å²) in [5.41, 5.74) is 2.03. The normalized spacial score (nSPS) is 19.5. The second kappa shape index (κ2) is 12.3. The molecular weight excluding hydrogens is 368 g/mol. The first-order chi connectivity index (χ1) is 14.0. The number of carbonyl (C=O) groups is 2.